The second-order valence-corrected chi connectivity index (χ2v) is 12.7. The van der Waals surface area contributed by atoms with Crippen molar-refractivity contribution < 1.29 is 46.4 Å². The number of fused-ring (bicyclic) bond motifs is 1. The van der Waals surface area contributed by atoms with Crippen molar-refractivity contribution in [2.24, 2.45) is 22.7 Å². The quantitative estimate of drug-likeness (QED) is 0.464. The molecule has 10 heteroatoms. The second-order valence-electron chi connectivity index (χ2n) is 12.7. The lowest BCUT2D eigenvalue weighted by molar-refractivity contribution is -0.280. The number of methoxy groups -OCH3 is 1. The Kier molecular flexibility index (Phi) is 6.00. The predicted octanol–water partition coefficient (Wildman–Crippen LogP) is 5.22. The first-order valence-electron chi connectivity index (χ1n) is 13.9. The van der Waals surface area contributed by atoms with E-state index in [1.54, 1.807) is 12.1 Å². The monoisotopic (exact) mass is 564 g/mol. The van der Waals surface area contributed by atoms with Crippen LogP contribution in [0.1, 0.15) is 58.4 Å². The molecule has 0 amide bonds. The molecule has 2 saturated heterocycles. The van der Waals surface area contributed by atoms with Crippen LogP contribution in [0.5, 0.6) is 0 Å². The number of carbonyl (C=O) groups is 2. The Labute approximate surface area is 231 Å². The van der Waals surface area contributed by atoms with E-state index in [2.05, 4.69) is 6.92 Å². The van der Waals surface area contributed by atoms with E-state index < -0.39 is 45.9 Å². The van der Waals surface area contributed by atoms with E-state index in [0.717, 1.165) is 20.0 Å². The van der Waals surface area contributed by atoms with Crippen LogP contribution >= 0.6 is 0 Å². The van der Waals surface area contributed by atoms with Gasteiger partial charge in [-0.1, -0.05) is 50.6 Å². The van der Waals surface area contributed by atoms with E-state index >= 15 is 0 Å². The molecular formula is C30H35F3O7. The minimum Gasteiger partial charge on any atom is -0.498 e. The number of benzene rings is 1. The van der Waals surface area contributed by atoms with Crippen LogP contribution in [0.4, 0.5) is 13.2 Å². The molecule has 6 rings (SSSR count). The molecule has 2 saturated carbocycles. The molecule has 3 aliphatic heterocycles. The zero-order valence-electron chi connectivity index (χ0n) is 23.1. The summed E-state index contributed by atoms with van der Waals surface area (Å²) in [5, 5.41) is 0. The summed E-state index contributed by atoms with van der Waals surface area (Å²) in [5.74, 6) is -2.02. The summed E-state index contributed by atoms with van der Waals surface area (Å²) in [6, 6.07) is 6.78. The minimum atomic E-state index is -5.10. The van der Waals surface area contributed by atoms with E-state index in [1.165, 1.54) is 30.5 Å². The average Bonchev–Trinajstić information content (AvgIpc) is 3.56. The van der Waals surface area contributed by atoms with Crippen LogP contribution in [0, 0.1) is 22.7 Å². The van der Waals surface area contributed by atoms with Crippen LogP contribution in [-0.4, -0.2) is 55.2 Å². The molecule has 40 heavy (non-hydrogen) atoms. The highest BCUT2D eigenvalue weighted by atomic mass is 19.4. The van der Waals surface area contributed by atoms with Gasteiger partial charge >= 0.3 is 18.1 Å². The third kappa shape index (κ3) is 3.32. The Morgan fingerprint density at radius 2 is 1.85 bits per heavy atom. The van der Waals surface area contributed by atoms with E-state index in [4.69, 9.17) is 23.7 Å². The highest BCUT2D eigenvalue weighted by Gasteiger charge is 2.77. The second kappa shape index (κ2) is 8.71. The van der Waals surface area contributed by atoms with Gasteiger partial charge in [0.05, 0.1) is 17.3 Å². The Bertz CT molecular complexity index is 1240. The van der Waals surface area contributed by atoms with E-state index in [1.807, 2.05) is 13.8 Å². The lowest BCUT2D eigenvalue weighted by atomic mass is 9.44. The standard InChI is InChI=1S/C30H35F3O7/c1-18-15-20-22-25(2,23(34)38-20)11-8-12-26(22,3)28(18)16-21(27(40-28)13-14-37-17-27)39-24(35)29(36-4,30(31,32)33)19-9-6-5-7-10-19/h5-7,9-10,13-14,18,20-22H,8,11-12,15-17H2,1-4H3/t18-,20-,21+,22+,25+,26+,27-,28-,29+/m1/s1. The van der Waals surface area contributed by atoms with Gasteiger partial charge in [0.1, 0.15) is 18.8 Å². The number of ether oxygens (including phenoxy) is 5. The molecule has 0 aromatic heterocycles. The fourth-order valence-electron chi connectivity index (χ4n) is 8.93. The highest BCUT2D eigenvalue weighted by Crippen LogP contribution is 2.70. The predicted molar refractivity (Wildman–Crippen MR) is 135 cm³/mol. The van der Waals surface area contributed by atoms with Gasteiger partial charge in [-0.25, -0.2) is 4.79 Å². The van der Waals surface area contributed by atoms with Gasteiger partial charge in [-0.2, -0.15) is 13.2 Å². The molecule has 218 valence electrons. The van der Waals surface area contributed by atoms with Crippen molar-refractivity contribution in [2.75, 3.05) is 13.7 Å². The van der Waals surface area contributed by atoms with E-state index in [-0.39, 0.29) is 42.5 Å². The Hall–Kier alpha value is -2.59. The number of hydrogen-bond acceptors (Lipinski definition) is 7. The maximum atomic E-state index is 14.7. The van der Waals surface area contributed by atoms with E-state index in [0.29, 0.717) is 12.8 Å². The smallest absolute Gasteiger partial charge is 0.432 e. The van der Waals surface area contributed by atoms with Gasteiger partial charge in [0.15, 0.2) is 5.60 Å². The molecule has 0 radical (unpaired) electrons. The number of hydrogen-bond donors (Lipinski definition) is 0. The molecule has 1 aromatic carbocycles. The normalized spacial score (nSPS) is 43.3. The van der Waals surface area contributed by atoms with E-state index in [9.17, 15) is 22.8 Å². The van der Waals surface area contributed by atoms with Crippen molar-refractivity contribution in [3.05, 3.63) is 48.2 Å². The SMILES string of the molecule is CO[C@](C(=O)O[C@H]1C[C@@]2(O[C@@]13C=COC3)[C@H](C)C[C@H]1OC(=O)[C@@]3(C)CCC[C@@]2(C)[C@@H]13)(c1ccccc1)C(F)(F)F. The summed E-state index contributed by atoms with van der Waals surface area (Å²) in [7, 11) is 0.854. The fraction of sp³-hybridized carbons (Fsp3) is 0.667. The highest BCUT2D eigenvalue weighted by molar-refractivity contribution is 5.83. The van der Waals surface area contributed by atoms with Crippen molar-refractivity contribution in [2.45, 2.75) is 88.1 Å². The summed E-state index contributed by atoms with van der Waals surface area (Å²) < 4.78 is 73.4. The largest absolute Gasteiger partial charge is 0.498 e. The molecule has 4 fully saturated rings. The first kappa shape index (κ1) is 27.6. The van der Waals surface area contributed by atoms with Crippen LogP contribution in [0.3, 0.4) is 0 Å². The summed E-state index contributed by atoms with van der Waals surface area (Å²) in [4.78, 5) is 26.8. The summed E-state index contributed by atoms with van der Waals surface area (Å²) in [5.41, 5.74) is -7.10. The Balaban J connectivity index is 1.41. The van der Waals surface area contributed by atoms with Gasteiger partial charge in [0.25, 0.3) is 5.60 Å². The van der Waals surface area contributed by atoms with Crippen molar-refractivity contribution in [1.82, 2.24) is 0 Å². The molecule has 9 atom stereocenters. The van der Waals surface area contributed by atoms with Gasteiger partial charge in [0.2, 0.25) is 0 Å². The number of esters is 2. The molecule has 5 aliphatic rings. The zero-order valence-corrected chi connectivity index (χ0v) is 23.1. The Morgan fingerprint density at radius 3 is 2.48 bits per heavy atom. The number of halogens is 3. The van der Waals surface area contributed by atoms with Gasteiger partial charge in [-0.05, 0) is 38.2 Å². The first-order valence-corrected chi connectivity index (χ1v) is 13.9. The van der Waals surface area contributed by atoms with Gasteiger partial charge in [-0.3, -0.25) is 4.79 Å². The molecule has 0 N–H and O–H groups in total. The van der Waals surface area contributed by atoms with Crippen molar-refractivity contribution in [1.29, 1.82) is 0 Å². The maximum absolute atomic E-state index is 14.7. The molecule has 3 heterocycles. The average molecular weight is 565 g/mol. The van der Waals surface area contributed by atoms with Gasteiger partial charge in [-0.15, -0.1) is 0 Å². The molecule has 2 spiro atoms. The maximum Gasteiger partial charge on any atom is 0.432 e. The fourth-order valence-corrected chi connectivity index (χ4v) is 8.93. The molecule has 1 aromatic rings. The van der Waals surface area contributed by atoms with Gasteiger partial charge in [0, 0.05) is 30.4 Å². The molecule has 7 nitrogen and oxygen atoms in total. The van der Waals surface area contributed by atoms with Crippen LogP contribution in [0.15, 0.2) is 42.7 Å². The number of alkyl halides is 3. The molecule has 0 unspecified atom stereocenters. The zero-order chi connectivity index (χ0) is 28.8. The van der Waals surface area contributed by atoms with Crippen molar-refractivity contribution in [3.8, 4) is 0 Å². The van der Waals surface area contributed by atoms with Crippen molar-refractivity contribution in [3.63, 3.8) is 0 Å². The van der Waals surface area contributed by atoms with Gasteiger partial charge < -0.3 is 23.7 Å². The molecule has 0 bridgehead atoms. The van der Waals surface area contributed by atoms with Crippen LogP contribution < -0.4 is 0 Å². The Morgan fingerprint density at radius 1 is 1.12 bits per heavy atom. The molecule has 2 aliphatic carbocycles. The third-order valence-electron chi connectivity index (χ3n) is 10.8. The van der Waals surface area contributed by atoms with Crippen LogP contribution in [0.2, 0.25) is 0 Å². The lowest BCUT2D eigenvalue weighted by Crippen LogP contribution is -2.65. The summed E-state index contributed by atoms with van der Waals surface area (Å²) in [6.45, 7) is 6.08. The number of carbonyl (C=O) groups excluding carboxylic acids is 2. The molecular weight excluding hydrogens is 529 g/mol. The summed E-state index contributed by atoms with van der Waals surface area (Å²) >= 11 is 0. The number of rotatable bonds is 4. The van der Waals surface area contributed by atoms with Crippen molar-refractivity contribution >= 4 is 11.9 Å². The minimum absolute atomic E-state index is 0.00632. The lowest BCUT2D eigenvalue weighted by Gasteiger charge is -2.61. The van der Waals surface area contributed by atoms with Crippen LogP contribution in [0.25, 0.3) is 0 Å². The first-order chi connectivity index (χ1) is 18.8. The topological polar surface area (TPSA) is 80.3 Å². The summed E-state index contributed by atoms with van der Waals surface area (Å²) in [6.07, 6.45) is -0.411. The third-order valence-corrected chi connectivity index (χ3v) is 10.8. The van der Waals surface area contributed by atoms with Crippen LogP contribution in [-0.2, 0) is 38.9 Å².